The van der Waals surface area contributed by atoms with Crippen molar-refractivity contribution < 1.29 is 19.1 Å². The van der Waals surface area contributed by atoms with E-state index in [-0.39, 0.29) is 35.6 Å². The van der Waals surface area contributed by atoms with Crippen LogP contribution in [0.2, 0.25) is 0 Å². The third-order valence-corrected chi connectivity index (χ3v) is 7.54. The molecule has 5 rings (SSSR count). The van der Waals surface area contributed by atoms with E-state index in [0.717, 1.165) is 41.2 Å². The van der Waals surface area contributed by atoms with Crippen molar-refractivity contribution in [3.8, 4) is 22.7 Å². The summed E-state index contributed by atoms with van der Waals surface area (Å²) in [6, 6.07) is 11.9. The van der Waals surface area contributed by atoms with Crippen LogP contribution in [0.3, 0.4) is 0 Å². The summed E-state index contributed by atoms with van der Waals surface area (Å²) in [5, 5.41) is 8.06. The highest BCUT2D eigenvalue weighted by molar-refractivity contribution is 5.93. The Morgan fingerprint density at radius 3 is 2.62 bits per heavy atom. The quantitative estimate of drug-likeness (QED) is 0.147. The van der Waals surface area contributed by atoms with E-state index in [4.69, 9.17) is 19.6 Å². The molecule has 234 valence electrons. The number of fused-ring (bicyclic) bond motifs is 3. The fourth-order valence-electron chi connectivity index (χ4n) is 5.25. The van der Waals surface area contributed by atoms with E-state index in [1.807, 2.05) is 51.6 Å². The second-order valence-electron chi connectivity index (χ2n) is 11.5. The average Bonchev–Trinajstić information content (AvgIpc) is 3.58. The van der Waals surface area contributed by atoms with Crippen molar-refractivity contribution in [3.05, 3.63) is 83.8 Å². The van der Waals surface area contributed by atoms with E-state index in [9.17, 15) is 9.59 Å². The number of anilines is 3. The molecule has 2 aromatic heterocycles. The Bertz CT molecular complexity index is 1740. The molecule has 0 saturated heterocycles. The number of nitrogens with zero attached hydrogens (tertiary/aromatic N) is 6. The van der Waals surface area contributed by atoms with E-state index in [1.165, 1.54) is 17.8 Å². The zero-order valence-corrected chi connectivity index (χ0v) is 26.6. The van der Waals surface area contributed by atoms with Gasteiger partial charge in [-0.3, -0.25) is 4.79 Å². The normalized spacial score (nSPS) is 11.7. The fraction of sp³-hybridized carbons (Fsp3) is 0.324. The number of aromatic nitrogens is 4. The predicted octanol–water partition coefficient (Wildman–Crippen LogP) is 4.85. The first-order valence-corrected chi connectivity index (χ1v) is 14.8. The van der Waals surface area contributed by atoms with Gasteiger partial charge in [-0.05, 0) is 56.8 Å². The van der Waals surface area contributed by atoms with Crippen molar-refractivity contribution in [2.24, 2.45) is 0 Å². The number of ketones is 1. The van der Waals surface area contributed by atoms with Crippen molar-refractivity contribution in [2.45, 2.75) is 32.8 Å². The maximum atomic E-state index is 13.1. The number of benzene rings is 2. The molecule has 0 fully saturated rings. The molecular formula is C34H39N7O4. The number of ether oxygens (including phenoxy) is 2. The third-order valence-electron chi connectivity index (χ3n) is 7.54. The molecule has 4 aromatic rings. The van der Waals surface area contributed by atoms with Crippen molar-refractivity contribution in [3.63, 3.8) is 0 Å². The fourth-order valence-corrected chi connectivity index (χ4v) is 5.25. The summed E-state index contributed by atoms with van der Waals surface area (Å²) in [4.78, 5) is 39.0. The van der Waals surface area contributed by atoms with Gasteiger partial charge in [0, 0.05) is 62.7 Å². The Labute approximate surface area is 263 Å². The highest BCUT2D eigenvalue weighted by Gasteiger charge is 2.26. The first kappa shape index (κ1) is 31.4. The van der Waals surface area contributed by atoms with Gasteiger partial charge >= 0.3 is 5.97 Å². The molecule has 1 aliphatic rings. The molecule has 1 aliphatic carbocycles. The summed E-state index contributed by atoms with van der Waals surface area (Å²) >= 11 is 0. The second kappa shape index (κ2) is 13.3. The summed E-state index contributed by atoms with van der Waals surface area (Å²) in [6.45, 7) is 8.80. The van der Waals surface area contributed by atoms with Crippen LogP contribution in [-0.2, 0) is 22.4 Å². The monoisotopic (exact) mass is 609 g/mol. The molecule has 0 bridgehead atoms. The first-order valence-electron chi connectivity index (χ1n) is 14.8. The van der Waals surface area contributed by atoms with Crippen molar-refractivity contribution in [2.75, 3.05) is 51.6 Å². The van der Waals surface area contributed by atoms with Crippen LogP contribution in [0.15, 0.2) is 61.4 Å². The molecule has 2 aromatic carbocycles. The molecule has 1 N–H and O–H groups in total. The maximum Gasteiger partial charge on any atom is 0.343 e. The van der Waals surface area contributed by atoms with Crippen LogP contribution in [0.1, 0.15) is 41.0 Å². The van der Waals surface area contributed by atoms with Crippen LogP contribution in [0.25, 0.3) is 16.9 Å². The second-order valence-corrected chi connectivity index (χ2v) is 11.5. The summed E-state index contributed by atoms with van der Waals surface area (Å²) in [5.74, 6) is 0.393. The minimum absolute atomic E-state index is 0.103. The molecule has 0 unspecified atom stereocenters. The molecule has 11 nitrogen and oxygen atoms in total. The van der Waals surface area contributed by atoms with Gasteiger partial charge in [0.2, 0.25) is 5.95 Å². The number of hydrogen-bond acceptors (Lipinski definition) is 10. The summed E-state index contributed by atoms with van der Waals surface area (Å²) < 4.78 is 12.9. The van der Waals surface area contributed by atoms with Gasteiger partial charge in [0.05, 0.1) is 24.6 Å². The number of likely N-dealkylation sites (N-methyl/N-ethyl adjacent to an activating group) is 2. The lowest BCUT2D eigenvalue weighted by Crippen LogP contribution is -2.29. The summed E-state index contributed by atoms with van der Waals surface area (Å²) in [5.41, 5.74) is 6.63. The van der Waals surface area contributed by atoms with Gasteiger partial charge in [-0.1, -0.05) is 30.8 Å². The van der Waals surface area contributed by atoms with Gasteiger partial charge < -0.3 is 24.6 Å². The number of nitrogens with one attached hydrogen (secondary N) is 1. The van der Waals surface area contributed by atoms with Gasteiger partial charge in [0.1, 0.15) is 11.3 Å². The predicted molar refractivity (Wildman–Crippen MR) is 175 cm³/mol. The number of hydrogen-bond donors (Lipinski definition) is 1. The summed E-state index contributed by atoms with van der Waals surface area (Å²) in [7, 11) is 7.60. The minimum atomic E-state index is -0.546. The van der Waals surface area contributed by atoms with Gasteiger partial charge in [-0.25, -0.2) is 14.5 Å². The third kappa shape index (κ3) is 6.88. The largest absolute Gasteiger partial charge is 0.494 e. The minimum Gasteiger partial charge on any atom is -0.494 e. The number of carbonyl (C=O) groups is 2. The standard InChI is InChI=1S/C34H39N7O4/c1-8-24(42)15-23-17-29(31(44-7)18-30(23)40(6)14-13-39(4)5)36-34-35-19-26(33(43)45-21(2)3)32(37-34)41-20-27-25-12-10-9-11-22(25)16-28(27)38-41/h8-12,17-21H,1,13-16H2,2-7H3,(H,35,36,37). The lowest BCUT2D eigenvalue weighted by molar-refractivity contribution is -0.114. The Hall–Kier alpha value is -5.03. The van der Waals surface area contributed by atoms with Crippen LogP contribution in [0.4, 0.5) is 17.3 Å². The number of esters is 1. The smallest absolute Gasteiger partial charge is 0.343 e. The van der Waals surface area contributed by atoms with Gasteiger partial charge in [-0.15, -0.1) is 0 Å². The zero-order valence-electron chi connectivity index (χ0n) is 26.6. The SMILES string of the molecule is C=CC(=O)Cc1cc(Nc2ncc(C(=O)OC(C)C)c(-n3cc4c(n3)Cc3ccccc3-4)n2)c(OC)cc1N(C)CCN(C)C. The molecule has 11 heteroatoms. The van der Waals surface area contributed by atoms with Gasteiger partial charge in [-0.2, -0.15) is 10.1 Å². The topological polar surface area (TPSA) is 115 Å². The molecule has 0 atom stereocenters. The molecule has 2 heterocycles. The lowest BCUT2D eigenvalue weighted by Gasteiger charge is -2.25. The van der Waals surface area contributed by atoms with E-state index < -0.39 is 5.97 Å². The Morgan fingerprint density at radius 1 is 1.13 bits per heavy atom. The number of allylic oxidation sites excluding steroid dienone is 1. The van der Waals surface area contributed by atoms with Crippen molar-refractivity contribution >= 4 is 29.1 Å². The molecule has 0 aliphatic heterocycles. The van der Waals surface area contributed by atoms with Crippen molar-refractivity contribution in [1.29, 1.82) is 0 Å². The maximum absolute atomic E-state index is 13.1. The molecule has 0 saturated carbocycles. The van der Waals surface area contributed by atoms with Crippen LogP contribution in [0.5, 0.6) is 5.75 Å². The van der Waals surface area contributed by atoms with E-state index in [2.05, 4.69) is 38.8 Å². The Kier molecular flexibility index (Phi) is 9.29. The Balaban J connectivity index is 1.55. The zero-order chi connectivity index (χ0) is 32.2. The summed E-state index contributed by atoms with van der Waals surface area (Å²) in [6.07, 6.45) is 5.18. The molecule has 45 heavy (non-hydrogen) atoms. The highest BCUT2D eigenvalue weighted by atomic mass is 16.5. The van der Waals surface area contributed by atoms with E-state index >= 15 is 0 Å². The van der Waals surface area contributed by atoms with Gasteiger partial charge in [0.25, 0.3) is 0 Å². The molecule has 0 amide bonds. The van der Waals surface area contributed by atoms with E-state index in [0.29, 0.717) is 17.9 Å². The number of rotatable bonds is 13. The molecule has 0 spiro atoms. The molecule has 0 radical (unpaired) electrons. The number of methoxy groups -OCH3 is 1. The molecular weight excluding hydrogens is 570 g/mol. The van der Waals surface area contributed by atoms with Crippen LogP contribution in [0, 0.1) is 0 Å². The van der Waals surface area contributed by atoms with Gasteiger partial charge in [0.15, 0.2) is 11.6 Å². The van der Waals surface area contributed by atoms with Crippen molar-refractivity contribution in [1.82, 2.24) is 24.6 Å². The van der Waals surface area contributed by atoms with Crippen LogP contribution in [-0.4, -0.2) is 83.8 Å². The average molecular weight is 610 g/mol. The highest BCUT2D eigenvalue weighted by Crippen LogP contribution is 2.37. The number of carbonyl (C=O) groups excluding carboxylic acids is 2. The van der Waals surface area contributed by atoms with E-state index in [1.54, 1.807) is 25.6 Å². The van der Waals surface area contributed by atoms with Crippen LogP contribution >= 0.6 is 0 Å². The van der Waals surface area contributed by atoms with Crippen LogP contribution < -0.4 is 15.0 Å². The Morgan fingerprint density at radius 2 is 1.91 bits per heavy atom. The first-order chi connectivity index (χ1) is 21.6. The lowest BCUT2D eigenvalue weighted by atomic mass is 10.0.